The monoisotopic (exact) mass is 1570 g/mol. The number of aryl methyl sites for hydroxylation is 6. The van der Waals surface area contributed by atoms with E-state index in [1.54, 1.807) is 18.2 Å². The number of halogens is 3. The number of aliphatic carboxylic acids is 3. The summed E-state index contributed by atoms with van der Waals surface area (Å²) < 4.78 is 79.6. The summed E-state index contributed by atoms with van der Waals surface area (Å²) in [4.78, 5) is 57.5. The molecule has 8 fully saturated rings. The van der Waals surface area contributed by atoms with Crippen LogP contribution < -0.4 is 16.0 Å². The summed E-state index contributed by atoms with van der Waals surface area (Å²) in [7, 11) is 0. The number of unbranched alkanes of at least 4 members (excludes halogenated alkanes) is 3. The van der Waals surface area contributed by atoms with Crippen LogP contribution in [0.2, 0.25) is 0 Å². The van der Waals surface area contributed by atoms with Crippen molar-refractivity contribution < 1.29 is 71.3 Å². The molecule has 12 heterocycles. The molecule has 2 aliphatic carbocycles. The maximum absolute atomic E-state index is 14.3. The largest absolute Gasteiger partial charge is 0.480 e. The lowest BCUT2D eigenvalue weighted by Crippen LogP contribution is -2.34. The van der Waals surface area contributed by atoms with Gasteiger partial charge in [-0.1, -0.05) is 50.2 Å². The summed E-state index contributed by atoms with van der Waals surface area (Å²) in [5.74, 6) is -1.02. The topological polar surface area (TPSA) is 252 Å². The number of carbonyl (C=O) groups is 3. The molecule has 6 N–H and O–H groups in total. The van der Waals surface area contributed by atoms with Crippen LogP contribution in [0, 0.1) is 33.7 Å². The van der Waals surface area contributed by atoms with Crippen LogP contribution in [-0.2, 0) is 81.3 Å². The van der Waals surface area contributed by atoms with Gasteiger partial charge in [0.15, 0.2) is 0 Å². The third-order valence-corrected chi connectivity index (χ3v) is 25.5. The van der Waals surface area contributed by atoms with Crippen LogP contribution in [0.4, 0.5) is 30.6 Å². The minimum atomic E-state index is -0.971. The lowest BCUT2D eigenvalue weighted by atomic mass is 9.86. The van der Waals surface area contributed by atoms with E-state index in [-0.39, 0.29) is 52.9 Å². The van der Waals surface area contributed by atoms with Crippen molar-refractivity contribution in [3.05, 3.63) is 176 Å². The number of anilines is 3. The molecule has 3 aromatic heterocycles. The molecule has 0 bridgehead atoms. The van der Waals surface area contributed by atoms with E-state index < -0.39 is 53.5 Å². The Morgan fingerprint density at radius 2 is 0.781 bits per heavy atom. The molecule has 114 heavy (non-hydrogen) atoms. The lowest BCUT2D eigenvalue weighted by Gasteiger charge is -2.28. The van der Waals surface area contributed by atoms with Crippen molar-refractivity contribution in [3.8, 4) is 0 Å². The number of rotatable bonds is 30. The summed E-state index contributed by atoms with van der Waals surface area (Å²) >= 11 is 0. The number of hydrogen-bond donors (Lipinski definition) is 6. The molecule has 0 radical (unpaired) electrons. The molecule has 6 saturated heterocycles. The van der Waals surface area contributed by atoms with Gasteiger partial charge < -0.3 is 59.7 Å². The summed E-state index contributed by atoms with van der Waals surface area (Å²) in [5, 5.41) is 40.8. The lowest BCUT2D eigenvalue weighted by molar-refractivity contribution is -0.144. The Balaban J connectivity index is 0.000000135. The molecule has 0 amide bonds. The summed E-state index contributed by atoms with van der Waals surface area (Å²) in [6, 6.07) is 23.8. The Labute approximate surface area is 668 Å². The standard InChI is InChI=1S/2C30H38FN3O4.C30H40FN3O4/c2*31-21-7-9-24(26-17-30(11-12-30)19-38-26)25(16-21)27(29(35)36)34-14-10-23(18-34)37-15-2-1-5-22-8-6-20-4-3-13-32-28(20)33-22;1-30(2)17-26(38-19-30)24-11-9-21(31)16-25(24)27(29(35)36)34-14-12-23(18-34)37-15-4-3-7-22-10-8-20-6-5-13-32-28(20)33-22/h2*6-9,16,23,26-27H,1-5,10-15,17-19H2,(H,32,33)(H,35,36);8-11,16,23,26-27H,3-7,12-15,17-19H2,1-2H3,(H,32,33)(H,35,36)/t23-,26?,27+;23-,26?,27-;23-,26?,27+/m111/s1. The highest BCUT2D eigenvalue weighted by atomic mass is 19.1. The molecule has 2 saturated carbocycles. The molecule has 9 atom stereocenters. The van der Waals surface area contributed by atoms with Crippen LogP contribution >= 0.6 is 0 Å². The van der Waals surface area contributed by atoms with E-state index in [2.05, 4.69) is 66.2 Å². The highest BCUT2D eigenvalue weighted by molar-refractivity contribution is 5.78. The minimum Gasteiger partial charge on any atom is -0.480 e. The molecular weight excluding hydrogens is 1460 g/mol. The number of likely N-dealkylation sites (tertiary alicyclic amines) is 3. The highest BCUT2D eigenvalue weighted by Gasteiger charge is 2.52. The predicted octanol–water partition coefficient (Wildman–Crippen LogP) is 15.4. The first-order valence-corrected chi connectivity index (χ1v) is 42.4. The quantitative estimate of drug-likeness (QED) is 0.0229. The SMILES string of the molecule is CC1(C)COC(c2ccc(F)cc2[C@@H](C(=O)O)N2CC[C@@H](OCCCCc3ccc4c(n3)NCCC4)C2)C1.O=C(O)[C@@H](c1cc(F)ccc1C1CC2(CC2)CO1)N1CC[C@@H](OCCCCc2ccc3c(n2)NCCC3)C1.O=C(O)[C@H](c1cc(F)ccc1C1CC2(CC2)CO1)N1CC[C@@H](OCCCCc2ccc3c(n2)NCCC3)C1. The van der Waals surface area contributed by atoms with E-state index in [0.717, 1.165) is 231 Å². The van der Waals surface area contributed by atoms with Gasteiger partial charge in [-0.15, -0.1) is 0 Å². The molecule has 11 aliphatic rings. The first-order valence-electron chi connectivity index (χ1n) is 42.4. The second-order valence-corrected chi connectivity index (χ2v) is 34.9. The first kappa shape index (κ1) is 81.5. The molecule has 2 spiro atoms. The van der Waals surface area contributed by atoms with E-state index in [0.29, 0.717) is 95.6 Å². The van der Waals surface area contributed by atoms with Gasteiger partial charge in [-0.25, -0.2) is 28.1 Å². The maximum atomic E-state index is 14.3. The average Bonchev–Trinajstić information content (AvgIpc) is 1.60. The number of ether oxygens (including phenoxy) is 6. The summed E-state index contributed by atoms with van der Waals surface area (Å²) in [5.41, 5.74) is 11.7. The van der Waals surface area contributed by atoms with Crippen molar-refractivity contribution >= 4 is 35.4 Å². The van der Waals surface area contributed by atoms with Crippen LogP contribution in [0.5, 0.6) is 0 Å². The predicted molar refractivity (Wildman–Crippen MR) is 427 cm³/mol. The van der Waals surface area contributed by atoms with E-state index in [1.165, 1.54) is 53.1 Å². The average molecular weight is 1570 g/mol. The van der Waals surface area contributed by atoms with E-state index in [4.69, 9.17) is 43.4 Å². The number of aromatic nitrogens is 3. The molecule has 24 heteroatoms. The third kappa shape index (κ3) is 20.5. The van der Waals surface area contributed by atoms with Crippen molar-refractivity contribution in [3.63, 3.8) is 0 Å². The second-order valence-electron chi connectivity index (χ2n) is 34.9. The number of carboxylic acids is 3. The van der Waals surface area contributed by atoms with Crippen molar-refractivity contribution in [1.82, 2.24) is 29.7 Å². The van der Waals surface area contributed by atoms with Crippen LogP contribution in [-0.4, -0.2) is 180 Å². The Kier molecular flexibility index (Phi) is 26.4. The second kappa shape index (κ2) is 36.9. The Bertz CT molecular complexity index is 3920. The van der Waals surface area contributed by atoms with Crippen LogP contribution in [0.1, 0.15) is 239 Å². The van der Waals surface area contributed by atoms with Gasteiger partial charge in [-0.05, 0) is 281 Å². The fraction of sp³-hybridized carbons (Fsp3) is 0.600. The van der Waals surface area contributed by atoms with Crippen molar-refractivity contribution in [2.75, 3.05) is 114 Å². The number of fused-ring (bicyclic) bond motifs is 3. The van der Waals surface area contributed by atoms with Crippen molar-refractivity contribution in [2.45, 2.75) is 229 Å². The molecule has 3 aromatic carbocycles. The Morgan fingerprint density at radius 1 is 0.456 bits per heavy atom. The van der Waals surface area contributed by atoms with Crippen LogP contribution in [0.15, 0.2) is 91.0 Å². The minimum absolute atomic E-state index is 0.00841. The van der Waals surface area contributed by atoms with Gasteiger partial charge in [0, 0.05) is 95.8 Å². The molecule has 3 unspecified atom stereocenters. The zero-order valence-electron chi connectivity index (χ0n) is 66.5. The molecule has 614 valence electrons. The fourth-order valence-corrected chi connectivity index (χ4v) is 18.7. The number of nitrogens with zero attached hydrogens (tertiary/aromatic N) is 6. The van der Waals surface area contributed by atoms with Gasteiger partial charge in [0.2, 0.25) is 0 Å². The number of carboxylic acid groups (broad SMARTS) is 3. The Morgan fingerprint density at radius 3 is 1.08 bits per heavy atom. The van der Waals surface area contributed by atoms with E-state index in [1.807, 2.05) is 14.7 Å². The van der Waals surface area contributed by atoms with Gasteiger partial charge in [0.1, 0.15) is 53.0 Å². The fourth-order valence-electron chi connectivity index (χ4n) is 18.7. The Hall–Kier alpha value is -7.65. The van der Waals surface area contributed by atoms with Crippen LogP contribution in [0.25, 0.3) is 0 Å². The van der Waals surface area contributed by atoms with Crippen LogP contribution in [0.3, 0.4) is 0 Å². The van der Waals surface area contributed by atoms with Gasteiger partial charge in [-0.3, -0.25) is 29.1 Å². The zero-order chi connectivity index (χ0) is 78.9. The highest BCUT2D eigenvalue weighted by Crippen LogP contribution is 2.59. The number of nitrogens with one attached hydrogen (secondary N) is 3. The zero-order valence-corrected chi connectivity index (χ0v) is 66.5. The van der Waals surface area contributed by atoms with E-state index >= 15 is 0 Å². The summed E-state index contributed by atoms with van der Waals surface area (Å²) in [6.07, 6.45) is 24.2. The van der Waals surface area contributed by atoms with Crippen molar-refractivity contribution in [1.29, 1.82) is 0 Å². The van der Waals surface area contributed by atoms with Gasteiger partial charge in [0.25, 0.3) is 0 Å². The first-order chi connectivity index (χ1) is 55.3. The number of pyridine rings is 3. The molecular formula is C90H116F3N9O12. The van der Waals surface area contributed by atoms with Gasteiger partial charge >= 0.3 is 17.9 Å². The third-order valence-electron chi connectivity index (χ3n) is 25.5. The van der Waals surface area contributed by atoms with Crippen molar-refractivity contribution in [2.24, 2.45) is 16.2 Å². The molecule has 9 aliphatic heterocycles. The maximum Gasteiger partial charge on any atom is 0.325 e. The number of hydrogen-bond acceptors (Lipinski definition) is 18. The van der Waals surface area contributed by atoms with Gasteiger partial charge in [-0.2, -0.15) is 0 Å². The number of benzene rings is 3. The summed E-state index contributed by atoms with van der Waals surface area (Å²) in [6.45, 7) is 14.6. The normalized spacial score (nSPS) is 24.4. The molecule has 6 aromatic rings. The van der Waals surface area contributed by atoms with E-state index in [9.17, 15) is 42.9 Å². The molecule has 21 nitrogen and oxygen atoms in total. The smallest absolute Gasteiger partial charge is 0.325 e. The van der Waals surface area contributed by atoms with Gasteiger partial charge in [0.05, 0.1) is 56.4 Å². The molecule has 17 rings (SSSR count).